The van der Waals surface area contributed by atoms with Crippen LogP contribution in [0.2, 0.25) is 0 Å². The first-order chi connectivity index (χ1) is 12.3. The van der Waals surface area contributed by atoms with Crippen LogP contribution in [0.3, 0.4) is 0 Å². The summed E-state index contributed by atoms with van der Waals surface area (Å²) in [6.45, 7) is 2.16. The number of hydrogen-bond donors (Lipinski definition) is 1. The second-order valence-corrected chi connectivity index (χ2v) is 7.25. The number of benzene rings is 1. The van der Waals surface area contributed by atoms with E-state index in [1.807, 2.05) is 6.92 Å². The minimum absolute atomic E-state index is 0.0285. The zero-order chi connectivity index (χ0) is 19.3. The molecule has 0 spiro atoms. The van der Waals surface area contributed by atoms with Crippen molar-refractivity contribution in [3.63, 3.8) is 0 Å². The van der Waals surface area contributed by atoms with Crippen LogP contribution in [0.5, 0.6) is 5.75 Å². The SMILES string of the molecule is COc1ccc(CSCC(=O)N2CC(C(=O)O)CCC2C)cc1[N+](=O)[O-]. The molecule has 1 heterocycles. The van der Waals surface area contributed by atoms with E-state index in [0.29, 0.717) is 18.6 Å². The predicted octanol–water partition coefficient (Wildman–Crippen LogP) is 2.55. The maximum absolute atomic E-state index is 12.4. The third kappa shape index (κ3) is 4.87. The molecule has 1 aromatic carbocycles. The predicted molar refractivity (Wildman–Crippen MR) is 97.3 cm³/mol. The van der Waals surface area contributed by atoms with E-state index in [4.69, 9.17) is 9.84 Å². The summed E-state index contributed by atoms with van der Waals surface area (Å²) in [6.07, 6.45) is 1.26. The number of thioether (sulfide) groups is 1. The quantitative estimate of drug-likeness (QED) is 0.570. The number of carbonyl (C=O) groups excluding carboxylic acids is 1. The van der Waals surface area contributed by atoms with Crippen molar-refractivity contribution in [2.75, 3.05) is 19.4 Å². The normalized spacial score (nSPS) is 19.8. The van der Waals surface area contributed by atoms with Crippen LogP contribution in [0.4, 0.5) is 5.69 Å². The topological polar surface area (TPSA) is 110 Å². The van der Waals surface area contributed by atoms with E-state index in [-0.39, 0.29) is 35.7 Å². The third-order valence-electron chi connectivity index (χ3n) is 4.49. The summed E-state index contributed by atoms with van der Waals surface area (Å²) < 4.78 is 4.97. The monoisotopic (exact) mass is 382 g/mol. The fourth-order valence-electron chi connectivity index (χ4n) is 2.96. The number of carboxylic acids is 1. The molecule has 0 saturated carbocycles. The van der Waals surface area contributed by atoms with E-state index in [9.17, 15) is 19.7 Å². The van der Waals surface area contributed by atoms with Gasteiger partial charge in [0, 0.05) is 24.4 Å². The Balaban J connectivity index is 1.92. The van der Waals surface area contributed by atoms with E-state index in [2.05, 4.69) is 0 Å². The molecule has 2 rings (SSSR count). The van der Waals surface area contributed by atoms with Gasteiger partial charge in [-0.15, -0.1) is 11.8 Å². The largest absolute Gasteiger partial charge is 0.490 e. The molecule has 1 aliphatic rings. The number of amides is 1. The molecule has 26 heavy (non-hydrogen) atoms. The maximum atomic E-state index is 12.4. The molecular weight excluding hydrogens is 360 g/mol. The lowest BCUT2D eigenvalue weighted by molar-refractivity contribution is -0.385. The summed E-state index contributed by atoms with van der Waals surface area (Å²) in [6, 6.07) is 4.74. The number of ether oxygens (including phenoxy) is 1. The molecule has 2 unspecified atom stereocenters. The van der Waals surface area contributed by atoms with Crippen molar-refractivity contribution >= 4 is 29.3 Å². The third-order valence-corrected chi connectivity index (χ3v) is 5.47. The molecule has 1 amide bonds. The van der Waals surface area contributed by atoms with E-state index in [0.717, 1.165) is 5.56 Å². The number of carboxylic acid groups (broad SMARTS) is 1. The minimum Gasteiger partial charge on any atom is -0.490 e. The van der Waals surface area contributed by atoms with Crippen molar-refractivity contribution in [2.45, 2.75) is 31.6 Å². The van der Waals surface area contributed by atoms with Crippen LogP contribution >= 0.6 is 11.8 Å². The summed E-state index contributed by atoms with van der Waals surface area (Å²) in [4.78, 5) is 35.8. The molecule has 1 saturated heterocycles. The molecule has 142 valence electrons. The van der Waals surface area contributed by atoms with Gasteiger partial charge in [0.2, 0.25) is 5.91 Å². The maximum Gasteiger partial charge on any atom is 0.311 e. The first-order valence-electron chi connectivity index (χ1n) is 8.24. The number of aliphatic carboxylic acids is 1. The van der Waals surface area contributed by atoms with Gasteiger partial charge in [-0.3, -0.25) is 19.7 Å². The van der Waals surface area contributed by atoms with Gasteiger partial charge in [0.05, 0.1) is 23.7 Å². The molecule has 0 aromatic heterocycles. The highest BCUT2D eigenvalue weighted by Crippen LogP contribution is 2.29. The number of nitro benzene ring substituents is 1. The van der Waals surface area contributed by atoms with E-state index < -0.39 is 16.8 Å². The molecule has 0 radical (unpaired) electrons. The van der Waals surface area contributed by atoms with Crippen molar-refractivity contribution < 1.29 is 24.4 Å². The van der Waals surface area contributed by atoms with Crippen LogP contribution in [0.15, 0.2) is 18.2 Å². The second-order valence-electron chi connectivity index (χ2n) is 6.26. The lowest BCUT2D eigenvalue weighted by Gasteiger charge is -2.36. The van der Waals surface area contributed by atoms with Gasteiger partial charge >= 0.3 is 11.7 Å². The molecule has 9 heteroatoms. The number of nitrogens with zero attached hydrogens (tertiary/aromatic N) is 2. The van der Waals surface area contributed by atoms with Gasteiger partial charge in [-0.05, 0) is 31.4 Å². The zero-order valence-corrected chi connectivity index (χ0v) is 15.5. The summed E-state index contributed by atoms with van der Waals surface area (Å²) in [5.41, 5.74) is 0.622. The van der Waals surface area contributed by atoms with Gasteiger partial charge in [0.1, 0.15) is 0 Å². The molecule has 8 nitrogen and oxygen atoms in total. The lowest BCUT2D eigenvalue weighted by atomic mass is 9.93. The van der Waals surface area contributed by atoms with Gasteiger partial charge in [-0.25, -0.2) is 0 Å². The molecule has 1 aromatic rings. The van der Waals surface area contributed by atoms with Gasteiger partial charge in [0.15, 0.2) is 5.75 Å². The van der Waals surface area contributed by atoms with E-state index >= 15 is 0 Å². The lowest BCUT2D eigenvalue weighted by Crippen LogP contribution is -2.48. The smallest absolute Gasteiger partial charge is 0.311 e. The molecule has 0 aliphatic carbocycles. The first kappa shape index (κ1) is 20.0. The van der Waals surface area contributed by atoms with Crippen LogP contribution in [-0.4, -0.2) is 52.3 Å². The fraction of sp³-hybridized carbons (Fsp3) is 0.529. The van der Waals surface area contributed by atoms with Crippen molar-refractivity contribution in [3.05, 3.63) is 33.9 Å². The van der Waals surface area contributed by atoms with Gasteiger partial charge < -0.3 is 14.7 Å². The number of methoxy groups -OCH3 is 1. The van der Waals surface area contributed by atoms with Crippen LogP contribution in [0.25, 0.3) is 0 Å². The highest BCUT2D eigenvalue weighted by molar-refractivity contribution is 7.99. The van der Waals surface area contributed by atoms with Crippen LogP contribution in [0.1, 0.15) is 25.3 Å². The summed E-state index contributed by atoms with van der Waals surface area (Å²) in [7, 11) is 1.37. The van der Waals surface area contributed by atoms with Crippen LogP contribution in [-0.2, 0) is 15.3 Å². The Labute approximate surface area is 155 Å². The summed E-state index contributed by atoms with van der Waals surface area (Å²) in [5.74, 6) is -0.632. The van der Waals surface area contributed by atoms with Crippen molar-refractivity contribution in [1.82, 2.24) is 4.90 Å². The average Bonchev–Trinajstić information content (AvgIpc) is 2.61. The number of piperidine rings is 1. The molecule has 1 fully saturated rings. The number of rotatable bonds is 7. The summed E-state index contributed by atoms with van der Waals surface area (Å²) in [5, 5.41) is 20.2. The number of nitro groups is 1. The minimum atomic E-state index is -0.868. The Morgan fingerprint density at radius 2 is 2.15 bits per heavy atom. The Hall–Kier alpha value is -2.29. The van der Waals surface area contributed by atoms with Crippen molar-refractivity contribution in [2.24, 2.45) is 5.92 Å². The van der Waals surface area contributed by atoms with Crippen molar-refractivity contribution in [1.29, 1.82) is 0 Å². The Kier molecular flexibility index (Phi) is 6.84. The van der Waals surface area contributed by atoms with Crippen molar-refractivity contribution in [3.8, 4) is 5.75 Å². The highest BCUT2D eigenvalue weighted by Gasteiger charge is 2.32. The molecule has 1 N–H and O–H groups in total. The van der Waals surface area contributed by atoms with Gasteiger partial charge in [0.25, 0.3) is 0 Å². The number of carbonyl (C=O) groups is 2. The van der Waals surface area contributed by atoms with Crippen LogP contribution < -0.4 is 4.74 Å². The van der Waals surface area contributed by atoms with Gasteiger partial charge in [-0.2, -0.15) is 0 Å². The summed E-state index contributed by atoms with van der Waals surface area (Å²) >= 11 is 1.35. The molecule has 1 aliphatic heterocycles. The number of likely N-dealkylation sites (tertiary alicyclic amines) is 1. The average molecular weight is 382 g/mol. The molecule has 0 bridgehead atoms. The Morgan fingerprint density at radius 1 is 1.42 bits per heavy atom. The second kappa shape index (κ2) is 8.88. The van der Waals surface area contributed by atoms with Crippen LogP contribution in [0, 0.1) is 16.0 Å². The highest BCUT2D eigenvalue weighted by atomic mass is 32.2. The Bertz CT molecular complexity index is 696. The Morgan fingerprint density at radius 3 is 2.77 bits per heavy atom. The first-order valence-corrected chi connectivity index (χ1v) is 9.40. The van der Waals surface area contributed by atoms with Gasteiger partial charge in [-0.1, -0.05) is 6.07 Å². The zero-order valence-electron chi connectivity index (χ0n) is 14.7. The van der Waals surface area contributed by atoms with E-state index in [1.165, 1.54) is 24.9 Å². The molecular formula is C17H22N2O6S. The van der Waals surface area contributed by atoms with E-state index in [1.54, 1.807) is 17.0 Å². The number of hydrogen-bond acceptors (Lipinski definition) is 6. The fourth-order valence-corrected chi connectivity index (χ4v) is 3.82. The molecule has 2 atom stereocenters. The standard InChI is InChI=1S/C17H22N2O6S/c1-11-3-5-13(17(21)22)8-18(11)16(20)10-26-9-12-4-6-15(25-2)14(7-12)19(23)24/h4,6-7,11,13H,3,5,8-10H2,1-2H3,(H,21,22).